The van der Waals surface area contributed by atoms with Crippen LogP contribution in [0.4, 0.5) is 14.5 Å². The summed E-state index contributed by atoms with van der Waals surface area (Å²) in [6.07, 6.45) is 0. The number of halogens is 3. The second-order valence-electron chi connectivity index (χ2n) is 3.71. The lowest BCUT2D eigenvalue weighted by molar-refractivity contribution is 0.591. The van der Waals surface area contributed by atoms with E-state index in [0.717, 1.165) is 21.5 Å². The summed E-state index contributed by atoms with van der Waals surface area (Å²) in [7, 11) is 0. The Morgan fingerprint density at radius 3 is 2.61 bits per heavy atom. The number of benzene rings is 2. The smallest absolute Gasteiger partial charge is 0.127 e. The minimum Gasteiger partial charge on any atom is -0.398 e. The summed E-state index contributed by atoms with van der Waals surface area (Å²) in [6.45, 7) is 0. The Bertz CT molecular complexity index is 575. The highest BCUT2D eigenvalue weighted by atomic mass is 79.9. The van der Waals surface area contributed by atoms with Gasteiger partial charge in [-0.1, -0.05) is 15.9 Å². The average molecular weight is 330 g/mol. The first kappa shape index (κ1) is 13.4. The zero-order chi connectivity index (χ0) is 13.1. The van der Waals surface area contributed by atoms with Crippen molar-refractivity contribution >= 4 is 33.4 Å². The van der Waals surface area contributed by atoms with Gasteiger partial charge >= 0.3 is 0 Å². The van der Waals surface area contributed by atoms with Gasteiger partial charge in [-0.15, -0.1) is 11.8 Å². The van der Waals surface area contributed by atoms with Gasteiger partial charge in [0.05, 0.1) is 0 Å². The minimum atomic E-state index is -0.434. The maximum atomic E-state index is 13.4. The van der Waals surface area contributed by atoms with E-state index in [9.17, 15) is 8.78 Å². The molecule has 0 radical (unpaired) electrons. The number of hydrogen-bond acceptors (Lipinski definition) is 2. The van der Waals surface area contributed by atoms with E-state index in [1.807, 2.05) is 12.1 Å². The lowest BCUT2D eigenvalue weighted by Gasteiger charge is -2.07. The summed E-state index contributed by atoms with van der Waals surface area (Å²) in [5.41, 5.74) is 6.79. The van der Waals surface area contributed by atoms with Crippen LogP contribution in [0.2, 0.25) is 0 Å². The molecule has 18 heavy (non-hydrogen) atoms. The highest BCUT2D eigenvalue weighted by Crippen LogP contribution is 2.30. The fraction of sp³-hybridized carbons (Fsp3) is 0.0769. The molecule has 1 nitrogen and oxygen atoms in total. The normalized spacial score (nSPS) is 10.6. The summed E-state index contributed by atoms with van der Waals surface area (Å²) < 4.78 is 27.3. The van der Waals surface area contributed by atoms with Crippen molar-refractivity contribution in [2.75, 3.05) is 5.73 Å². The molecule has 0 saturated heterocycles. The van der Waals surface area contributed by atoms with Gasteiger partial charge in [-0.25, -0.2) is 8.78 Å². The maximum Gasteiger partial charge on any atom is 0.127 e. The summed E-state index contributed by atoms with van der Waals surface area (Å²) in [4.78, 5) is 0.849. The van der Waals surface area contributed by atoms with E-state index >= 15 is 0 Å². The van der Waals surface area contributed by atoms with Gasteiger partial charge in [0.2, 0.25) is 0 Å². The fourth-order valence-corrected chi connectivity index (χ4v) is 2.76. The van der Waals surface area contributed by atoms with Gasteiger partial charge in [0.25, 0.3) is 0 Å². The second-order valence-corrected chi connectivity index (χ2v) is 5.64. The molecule has 0 aliphatic heterocycles. The van der Waals surface area contributed by atoms with Crippen molar-refractivity contribution in [1.29, 1.82) is 0 Å². The van der Waals surface area contributed by atoms with E-state index in [1.54, 1.807) is 6.07 Å². The molecule has 2 aromatic rings. The Morgan fingerprint density at radius 1 is 1.11 bits per heavy atom. The van der Waals surface area contributed by atoms with Crippen molar-refractivity contribution in [1.82, 2.24) is 0 Å². The second kappa shape index (κ2) is 5.71. The van der Waals surface area contributed by atoms with Crippen molar-refractivity contribution in [2.45, 2.75) is 10.6 Å². The molecule has 0 unspecified atom stereocenters. The van der Waals surface area contributed by atoms with Gasteiger partial charge in [0.15, 0.2) is 0 Å². The maximum absolute atomic E-state index is 13.4. The number of thioether (sulfide) groups is 1. The molecule has 0 fully saturated rings. The number of nitrogens with two attached hydrogens (primary N) is 1. The predicted molar refractivity (Wildman–Crippen MR) is 74.5 cm³/mol. The van der Waals surface area contributed by atoms with Crippen LogP contribution in [0.15, 0.2) is 45.8 Å². The number of hydrogen-bond donors (Lipinski definition) is 1. The Morgan fingerprint density at radius 2 is 1.89 bits per heavy atom. The molecule has 0 aromatic heterocycles. The van der Waals surface area contributed by atoms with Gasteiger partial charge in [-0.2, -0.15) is 0 Å². The molecule has 0 saturated carbocycles. The van der Waals surface area contributed by atoms with Crippen molar-refractivity contribution in [3.8, 4) is 0 Å². The van der Waals surface area contributed by atoms with Crippen LogP contribution in [0.3, 0.4) is 0 Å². The molecule has 2 N–H and O–H groups in total. The quantitative estimate of drug-likeness (QED) is 0.657. The lowest BCUT2D eigenvalue weighted by atomic mass is 10.2. The standard InChI is InChI=1S/C13H10BrF2NS/c14-9-1-4-13(12(17)6-9)18-7-8-5-10(15)2-3-11(8)16/h1-6H,7,17H2. The first-order valence-corrected chi connectivity index (χ1v) is 6.96. The zero-order valence-electron chi connectivity index (χ0n) is 9.29. The van der Waals surface area contributed by atoms with Gasteiger partial charge in [0.1, 0.15) is 11.6 Å². The molecular weight excluding hydrogens is 320 g/mol. The van der Waals surface area contributed by atoms with Gasteiger partial charge in [0, 0.05) is 26.4 Å². The predicted octanol–water partition coefficient (Wildman–Crippen LogP) is 4.60. The van der Waals surface area contributed by atoms with Crippen LogP contribution in [0.5, 0.6) is 0 Å². The molecule has 0 aliphatic rings. The van der Waals surface area contributed by atoms with Crippen molar-refractivity contribution in [2.24, 2.45) is 0 Å². The first-order valence-electron chi connectivity index (χ1n) is 5.18. The molecule has 0 spiro atoms. The van der Waals surface area contributed by atoms with Gasteiger partial charge in [-0.3, -0.25) is 0 Å². The Hall–Kier alpha value is -1.07. The van der Waals surface area contributed by atoms with Crippen LogP contribution in [-0.2, 0) is 5.75 Å². The molecule has 0 bridgehead atoms. The zero-order valence-corrected chi connectivity index (χ0v) is 11.7. The summed E-state index contributed by atoms with van der Waals surface area (Å²) in [6, 6.07) is 8.94. The van der Waals surface area contributed by atoms with Crippen molar-refractivity contribution in [3.63, 3.8) is 0 Å². The number of anilines is 1. The van der Waals surface area contributed by atoms with E-state index in [-0.39, 0.29) is 0 Å². The Kier molecular flexibility index (Phi) is 4.24. The third-order valence-corrected chi connectivity index (χ3v) is 3.99. The van der Waals surface area contributed by atoms with Gasteiger partial charge < -0.3 is 5.73 Å². The third-order valence-electron chi connectivity index (χ3n) is 2.36. The van der Waals surface area contributed by atoms with E-state index in [4.69, 9.17) is 5.73 Å². The average Bonchev–Trinajstić information content (AvgIpc) is 2.32. The fourth-order valence-electron chi connectivity index (χ4n) is 1.46. The van der Waals surface area contributed by atoms with Crippen molar-refractivity contribution in [3.05, 3.63) is 58.1 Å². The molecule has 0 atom stereocenters. The molecular formula is C13H10BrF2NS. The highest BCUT2D eigenvalue weighted by Gasteiger charge is 2.06. The van der Waals surface area contributed by atoms with Gasteiger partial charge in [-0.05, 0) is 36.4 Å². The van der Waals surface area contributed by atoms with Crippen LogP contribution in [0.25, 0.3) is 0 Å². The molecule has 5 heteroatoms. The van der Waals surface area contributed by atoms with Crippen LogP contribution >= 0.6 is 27.7 Å². The molecule has 2 rings (SSSR count). The monoisotopic (exact) mass is 329 g/mol. The van der Waals surface area contributed by atoms with Crippen molar-refractivity contribution < 1.29 is 8.78 Å². The Labute approximate surface area is 117 Å². The topological polar surface area (TPSA) is 26.0 Å². The lowest BCUT2D eigenvalue weighted by Crippen LogP contribution is -1.92. The highest BCUT2D eigenvalue weighted by molar-refractivity contribution is 9.10. The molecule has 94 valence electrons. The summed E-state index contributed by atoms with van der Waals surface area (Å²) in [5, 5.41) is 0. The molecule has 0 heterocycles. The van der Waals surface area contributed by atoms with E-state index in [0.29, 0.717) is 17.0 Å². The Balaban J connectivity index is 2.13. The molecule has 2 aromatic carbocycles. The summed E-state index contributed by atoms with van der Waals surface area (Å²) in [5.74, 6) is -0.495. The number of rotatable bonds is 3. The molecule has 0 aliphatic carbocycles. The number of nitrogen functional groups attached to an aromatic ring is 1. The first-order chi connectivity index (χ1) is 8.56. The molecule has 0 amide bonds. The SMILES string of the molecule is Nc1cc(Br)ccc1SCc1cc(F)ccc1F. The van der Waals surface area contributed by atoms with E-state index in [1.165, 1.54) is 17.8 Å². The summed E-state index contributed by atoms with van der Waals surface area (Å²) >= 11 is 4.69. The third kappa shape index (κ3) is 3.23. The van der Waals surface area contributed by atoms with E-state index in [2.05, 4.69) is 15.9 Å². The van der Waals surface area contributed by atoms with Crippen LogP contribution < -0.4 is 5.73 Å². The largest absolute Gasteiger partial charge is 0.398 e. The van der Waals surface area contributed by atoms with E-state index < -0.39 is 11.6 Å². The minimum absolute atomic E-state index is 0.335. The van der Waals surface area contributed by atoms with Crippen LogP contribution in [0.1, 0.15) is 5.56 Å². The van der Waals surface area contributed by atoms with Crippen LogP contribution in [-0.4, -0.2) is 0 Å². The van der Waals surface area contributed by atoms with Crippen LogP contribution in [0, 0.1) is 11.6 Å².